The zero-order valence-corrected chi connectivity index (χ0v) is 10.2. The molecule has 1 aromatic heterocycles. The second-order valence-electron chi connectivity index (χ2n) is 3.66. The van der Waals surface area contributed by atoms with Crippen LogP contribution in [0.2, 0.25) is 0 Å². The topological polar surface area (TPSA) is 45.6 Å². The molecule has 4 nitrogen and oxygen atoms in total. The van der Waals surface area contributed by atoms with Gasteiger partial charge >= 0.3 is 0 Å². The van der Waals surface area contributed by atoms with Crippen molar-refractivity contribution in [1.29, 1.82) is 0 Å². The molecule has 0 bridgehead atoms. The third-order valence-corrected chi connectivity index (χ3v) is 2.51. The first kappa shape index (κ1) is 12.9. The summed E-state index contributed by atoms with van der Waals surface area (Å²) in [5.74, 6) is 0.844. The average molecular weight is 224 g/mol. The number of hydrogen-bond acceptors (Lipinski definition) is 4. The predicted molar refractivity (Wildman–Crippen MR) is 64.6 cm³/mol. The Morgan fingerprint density at radius 1 is 1.56 bits per heavy atom. The Hall–Kier alpha value is -1.13. The molecule has 1 unspecified atom stereocenters. The van der Waals surface area contributed by atoms with Crippen molar-refractivity contribution >= 4 is 5.82 Å². The molecule has 0 saturated heterocycles. The van der Waals surface area contributed by atoms with Crippen molar-refractivity contribution in [3.8, 4) is 0 Å². The summed E-state index contributed by atoms with van der Waals surface area (Å²) in [7, 11) is 1.68. The molecule has 0 aromatic carbocycles. The van der Waals surface area contributed by atoms with Crippen LogP contribution in [0.25, 0.3) is 0 Å². The Labute approximate surface area is 96.9 Å². The SMILES string of the molecule is CCN(CCOC)c1ncccc1C(C)O. The lowest BCUT2D eigenvalue weighted by Gasteiger charge is -2.24. The van der Waals surface area contributed by atoms with Gasteiger partial charge in [-0.25, -0.2) is 4.98 Å². The Morgan fingerprint density at radius 3 is 2.88 bits per heavy atom. The van der Waals surface area contributed by atoms with Crippen LogP contribution in [0, 0.1) is 0 Å². The molecular weight excluding hydrogens is 204 g/mol. The van der Waals surface area contributed by atoms with Gasteiger partial charge in [0.15, 0.2) is 0 Å². The predicted octanol–water partition coefficient (Wildman–Crippen LogP) is 1.61. The lowest BCUT2D eigenvalue weighted by atomic mass is 10.1. The van der Waals surface area contributed by atoms with E-state index in [2.05, 4.69) is 16.8 Å². The smallest absolute Gasteiger partial charge is 0.134 e. The first-order chi connectivity index (χ1) is 7.70. The Balaban J connectivity index is 2.90. The van der Waals surface area contributed by atoms with E-state index in [9.17, 15) is 5.11 Å². The van der Waals surface area contributed by atoms with Gasteiger partial charge < -0.3 is 14.7 Å². The van der Waals surface area contributed by atoms with Crippen LogP contribution in [-0.2, 0) is 4.74 Å². The molecule has 1 atom stereocenters. The molecule has 1 aromatic rings. The molecular formula is C12H20N2O2. The minimum absolute atomic E-state index is 0.500. The number of aliphatic hydroxyl groups is 1. The van der Waals surface area contributed by atoms with Crippen LogP contribution in [-0.4, -0.2) is 36.9 Å². The van der Waals surface area contributed by atoms with Crippen molar-refractivity contribution < 1.29 is 9.84 Å². The van der Waals surface area contributed by atoms with Crippen LogP contribution in [0.4, 0.5) is 5.82 Å². The van der Waals surface area contributed by atoms with Crippen LogP contribution in [0.3, 0.4) is 0 Å². The molecule has 1 heterocycles. The van der Waals surface area contributed by atoms with Gasteiger partial charge in [0.1, 0.15) is 5.82 Å². The van der Waals surface area contributed by atoms with E-state index in [-0.39, 0.29) is 0 Å². The largest absolute Gasteiger partial charge is 0.389 e. The first-order valence-corrected chi connectivity index (χ1v) is 5.57. The van der Waals surface area contributed by atoms with Gasteiger partial charge in [-0.15, -0.1) is 0 Å². The first-order valence-electron chi connectivity index (χ1n) is 5.57. The highest BCUT2D eigenvalue weighted by Gasteiger charge is 2.13. The molecule has 0 radical (unpaired) electrons. The summed E-state index contributed by atoms with van der Waals surface area (Å²) in [6, 6.07) is 3.75. The van der Waals surface area contributed by atoms with Crippen molar-refractivity contribution in [3.05, 3.63) is 23.9 Å². The number of aliphatic hydroxyl groups excluding tert-OH is 1. The average Bonchev–Trinajstić information content (AvgIpc) is 2.30. The monoisotopic (exact) mass is 224 g/mol. The van der Waals surface area contributed by atoms with E-state index in [1.165, 1.54) is 0 Å². The molecule has 1 N–H and O–H groups in total. The van der Waals surface area contributed by atoms with Crippen molar-refractivity contribution in [2.75, 3.05) is 31.7 Å². The van der Waals surface area contributed by atoms with Gasteiger partial charge in [0.05, 0.1) is 12.7 Å². The van der Waals surface area contributed by atoms with Crippen LogP contribution < -0.4 is 4.90 Å². The third-order valence-electron chi connectivity index (χ3n) is 2.51. The second-order valence-corrected chi connectivity index (χ2v) is 3.66. The van der Waals surface area contributed by atoms with Gasteiger partial charge in [0.25, 0.3) is 0 Å². The zero-order chi connectivity index (χ0) is 12.0. The molecule has 0 saturated carbocycles. The van der Waals surface area contributed by atoms with Gasteiger partial charge in [0, 0.05) is 32.0 Å². The molecule has 90 valence electrons. The molecule has 1 rings (SSSR count). The van der Waals surface area contributed by atoms with Crippen molar-refractivity contribution in [2.24, 2.45) is 0 Å². The lowest BCUT2D eigenvalue weighted by molar-refractivity contribution is 0.197. The molecule has 0 spiro atoms. The van der Waals surface area contributed by atoms with Crippen molar-refractivity contribution in [3.63, 3.8) is 0 Å². The number of pyridine rings is 1. The van der Waals surface area contributed by atoms with E-state index in [0.29, 0.717) is 6.61 Å². The summed E-state index contributed by atoms with van der Waals surface area (Å²) in [6.45, 7) is 6.11. The number of aromatic nitrogens is 1. The van der Waals surface area contributed by atoms with E-state index in [1.807, 2.05) is 12.1 Å². The van der Waals surface area contributed by atoms with Gasteiger partial charge in [-0.2, -0.15) is 0 Å². The zero-order valence-electron chi connectivity index (χ0n) is 10.2. The van der Waals surface area contributed by atoms with E-state index >= 15 is 0 Å². The molecule has 0 fully saturated rings. The Kier molecular flexibility index (Phi) is 5.22. The molecule has 0 amide bonds. The van der Waals surface area contributed by atoms with Gasteiger partial charge in [-0.1, -0.05) is 6.07 Å². The second kappa shape index (κ2) is 6.45. The quantitative estimate of drug-likeness (QED) is 0.797. The number of likely N-dealkylation sites (N-methyl/N-ethyl adjacent to an activating group) is 1. The lowest BCUT2D eigenvalue weighted by Crippen LogP contribution is -2.29. The number of ether oxygens (including phenoxy) is 1. The number of rotatable bonds is 6. The third kappa shape index (κ3) is 3.18. The fraction of sp³-hybridized carbons (Fsp3) is 0.583. The molecule has 4 heteroatoms. The molecule has 16 heavy (non-hydrogen) atoms. The van der Waals surface area contributed by atoms with Crippen molar-refractivity contribution in [1.82, 2.24) is 4.98 Å². The molecule has 0 aliphatic heterocycles. The summed E-state index contributed by atoms with van der Waals surface area (Å²) in [5, 5.41) is 9.68. The Morgan fingerprint density at radius 2 is 2.31 bits per heavy atom. The van der Waals surface area contributed by atoms with E-state index in [1.54, 1.807) is 20.2 Å². The van der Waals surface area contributed by atoms with Gasteiger partial charge in [0.2, 0.25) is 0 Å². The highest BCUT2D eigenvalue weighted by atomic mass is 16.5. The standard InChI is InChI=1S/C12H20N2O2/c1-4-14(8-9-16-3)12-11(10(2)15)6-5-7-13-12/h5-7,10,15H,4,8-9H2,1-3H3. The van der Waals surface area contributed by atoms with Crippen LogP contribution in [0.1, 0.15) is 25.5 Å². The summed E-state index contributed by atoms with van der Waals surface area (Å²) in [4.78, 5) is 6.44. The summed E-state index contributed by atoms with van der Waals surface area (Å²) in [5.41, 5.74) is 0.862. The fourth-order valence-electron chi connectivity index (χ4n) is 1.61. The fourth-order valence-corrected chi connectivity index (χ4v) is 1.61. The maximum atomic E-state index is 9.68. The van der Waals surface area contributed by atoms with Crippen LogP contribution >= 0.6 is 0 Å². The normalized spacial score (nSPS) is 12.5. The number of anilines is 1. The number of methoxy groups -OCH3 is 1. The minimum Gasteiger partial charge on any atom is -0.389 e. The summed E-state index contributed by atoms with van der Waals surface area (Å²) < 4.78 is 5.06. The highest BCUT2D eigenvalue weighted by Crippen LogP contribution is 2.23. The highest BCUT2D eigenvalue weighted by molar-refractivity contribution is 5.47. The minimum atomic E-state index is -0.500. The van der Waals surface area contributed by atoms with Crippen LogP contribution in [0.15, 0.2) is 18.3 Å². The number of nitrogens with zero attached hydrogens (tertiary/aromatic N) is 2. The summed E-state index contributed by atoms with van der Waals surface area (Å²) >= 11 is 0. The maximum absolute atomic E-state index is 9.68. The molecule has 0 aliphatic carbocycles. The van der Waals surface area contributed by atoms with Crippen LogP contribution in [0.5, 0.6) is 0 Å². The number of hydrogen-bond donors (Lipinski definition) is 1. The van der Waals surface area contributed by atoms with Gasteiger partial charge in [-0.05, 0) is 19.9 Å². The van der Waals surface area contributed by atoms with E-state index in [4.69, 9.17) is 4.74 Å². The summed E-state index contributed by atoms with van der Waals surface area (Å²) in [6.07, 6.45) is 1.25. The van der Waals surface area contributed by atoms with E-state index in [0.717, 1.165) is 24.5 Å². The van der Waals surface area contributed by atoms with Gasteiger partial charge in [-0.3, -0.25) is 0 Å². The molecule has 0 aliphatic rings. The van der Waals surface area contributed by atoms with Crippen molar-refractivity contribution in [2.45, 2.75) is 20.0 Å². The Bertz CT molecular complexity index is 316. The maximum Gasteiger partial charge on any atom is 0.134 e. The van der Waals surface area contributed by atoms with E-state index < -0.39 is 6.10 Å².